The fraction of sp³-hybridized carbons (Fsp3) is 0.304. The number of aromatic nitrogens is 2. The van der Waals surface area contributed by atoms with Gasteiger partial charge in [0.2, 0.25) is 5.95 Å². The van der Waals surface area contributed by atoms with Crippen LogP contribution in [0.25, 0.3) is 0 Å². The summed E-state index contributed by atoms with van der Waals surface area (Å²) in [5, 5.41) is 3.48. The van der Waals surface area contributed by atoms with Gasteiger partial charge in [-0.2, -0.15) is 4.98 Å². The lowest BCUT2D eigenvalue weighted by molar-refractivity contribution is 0.737. The number of para-hydroxylation sites is 1. The maximum atomic E-state index is 4.81. The second-order valence-corrected chi connectivity index (χ2v) is 7.26. The highest BCUT2D eigenvalue weighted by atomic mass is 15.3. The van der Waals surface area contributed by atoms with Crippen LogP contribution in [0.4, 0.5) is 17.5 Å². The normalized spacial score (nSPS) is 15.6. The number of nitrogens with zero attached hydrogens (tertiary/aromatic N) is 3. The van der Waals surface area contributed by atoms with Crippen LogP contribution in [-0.2, 0) is 12.8 Å². The van der Waals surface area contributed by atoms with E-state index in [1.165, 1.54) is 16.8 Å². The molecule has 1 atom stereocenters. The summed E-state index contributed by atoms with van der Waals surface area (Å²) in [4.78, 5) is 11.8. The number of rotatable bonds is 6. The van der Waals surface area contributed by atoms with Crippen LogP contribution in [0.1, 0.15) is 30.2 Å². The number of aryl methyl sites for hydroxylation is 2. The van der Waals surface area contributed by atoms with Crippen LogP contribution in [0.3, 0.4) is 0 Å². The van der Waals surface area contributed by atoms with Gasteiger partial charge in [-0.1, -0.05) is 48.5 Å². The van der Waals surface area contributed by atoms with Crippen molar-refractivity contribution in [1.29, 1.82) is 0 Å². The van der Waals surface area contributed by atoms with Gasteiger partial charge in [0.15, 0.2) is 0 Å². The molecule has 0 saturated carbocycles. The van der Waals surface area contributed by atoms with Crippen molar-refractivity contribution in [1.82, 2.24) is 9.97 Å². The number of fused-ring (bicyclic) bond motifs is 1. The predicted octanol–water partition coefficient (Wildman–Crippen LogP) is 4.91. The van der Waals surface area contributed by atoms with E-state index in [1.54, 1.807) is 0 Å². The highest BCUT2D eigenvalue weighted by Gasteiger charge is 2.28. The third kappa shape index (κ3) is 3.95. The van der Waals surface area contributed by atoms with Gasteiger partial charge in [-0.25, -0.2) is 4.98 Å². The molecular weight excluding hydrogens is 332 g/mol. The van der Waals surface area contributed by atoms with Crippen LogP contribution in [0.15, 0.2) is 60.7 Å². The average Bonchev–Trinajstić information content (AvgIpc) is 3.01. The largest absolute Gasteiger partial charge is 0.370 e. The molecule has 0 bridgehead atoms. The van der Waals surface area contributed by atoms with Gasteiger partial charge in [0.1, 0.15) is 5.82 Å². The summed E-state index contributed by atoms with van der Waals surface area (Å²) >= 11 is 0. The Morgan fingerprint density at radius 2 is 1.81 bits per heavy atom. The molecule has 0 radical (unpaired) electrons. The monoisotopic (exact) mass is 358 g/mol. The first kappa shape index (κ1) is 17.5. The molecule has 2 heterocycles. The van der Waals surface area contributed by atoms with E-state index in [9.17, 15) is 0 Å². The van der Waals surface area contributed by atoms with Crippen LogP contribution in [0, 0.1) is 6.92 Å². The molecule has 4 rings (SSSR count). The molecular formula is C23H26N4. The molecule has 4 heteroatoms. The fourth-order valence-electron chi connectivity index (χ4n) is 3.78. The van der Waals surface area contributed by atoms with E-state index in [0.717, 1.165) is 43.3 Å². The fourth-order valence-corrected chi connectivity index (χ4v) is 3.78. The van der Waals surface area contributed by atoms with Crippen molar-refractivity contribution in [2.45, 2.75) is 39.2 Å². The van der Waals surface area contributed by atoms with Gasteiger partial charge >= 0.3 is 0 Å². The van der Waals surface area contributed by atoms with E-state index in [2.05, 4.69) is 71.7 Å². The van der Waals surface area contributed by atoms with Gasteiger partial charge in [-0.3, -0.25) is 0 Å². The molecule has 0 fully saturated rings. The Kier molecular flexibility index (Phi) is 5.05. The van der Waals surface area contributed by atoms with E-state index in [1.807, 2.05) is 13.0 Å². The molecule has 1 N–H and O–H groups in total. The summed E-state index contributed by atoms with van der Waals surface area (Å²) < 4.78 is 0. The van der Waals surface area contributed by atoms with E-state index >= 15 is 0 Å². The summed E-state index contributed by atoms with van der Waals surface area (Å²) in [6.45, 7) is 5.17. The Balaban J connectivity index is 1.46. The third-order valence-electron chi connectivity index (χ3n) is 5.06. The van der Waals surface area contributed by atoms with Gasteiger partial charge in [0.05, 0.1) is 0 Å². The van der Waals surface area contributed by atoms with E-state index in [0.29, 0.717) is 6.04 Å². The smallest absolute Gasteiger partial charge is 0.232 e. The molecule has 4 nitrogen and oxygen atoms in total. The minimum Gasteiger partial charge on any atom is -0.370 e. The summed E-state index contributed by atoms with van der Waals surface area (Å²) in [6, 6.07) is 21.6. The van der Waals surface area contributed by atoms with Gasteiger partial charge in [0, 0.05) is 30.0 Å². The molecule has 1 aromatic heterocycles. The molecule has 2 aromatic carbocycles. The van der Waals surface area contributed by atoms with Crippen LogP contribution in [0.5, 0.6) is 0 Å². The maximum Gasteiger partial charge on any atom is 0.232 e. The maximum absolute atomic E-state index is 4.81. The SMILES string of the molecule is Cc1cc(NCCCc2ccccc2)nc(N2c3ccccc3CC2C)n1. The van der Waals surface area contributed by atoms with Crippen LogP contribution in [0.2, 0.25) is 0 Å². The van der Waals surface area contributed by atoms with Crippen molar-refractivity contribution in [2.75, 3.05) is 16.8 Å². The molecule has 0 spiro atoms. The van der Waals surface area contributed by atoms with Crippen molar-refractivity contribution >= 4 is 17.5 Å². The molecule has 3 aromatic rings. The Labute approximate surface area is 161 Å². The van der Waals surface area contributed by atoms with Gasteiger partial charge in [0.25, 0.3) is 0 Å². The second kappa shape index (κ2) is 7.78. The lowest BCUT2D eigenvalue weighted by Gasteiger charge is -2.23. The van der Waals surface area contributed by atoms with E-state index in [4.69, 9.17) is 9.97 Å². The first-order valence-electron chi connectivity index (χ1n) is 9.71. The Bertz CT molecular complexity index is 907. The zero-order chi connectivity index (χ0) is 18.6. The summed E-state index contributed by atoms with van der Waals surface area (Å²) in [5.41, 5.74) is 4.96. The lowest BCUT2D eigenvalue weighted by atomic mass is 10.1. The van der Waals surface area contributed by atoms with Gasteiger partial charge in [-0.05, 0) is 50.3 Å². The average molecular weight is 358 g/mol. The first-order valence-corrected chi connectivity index (χ1v) is 9.71. The first-order chi connectivity index (χ1) is 13.2. The minimum atomic E-state index is 0.370. The third-order valence-corrected chi connectivity index (χ3v) is 5.06. The zero-order valence-corrected chi connectivity index (χ0v) is 16.0. The Hall–Kier alpha value is -2.88. The summed E-state index contributed by atoms with van der Waals surface area (Å²) in [7, 11) is 0. The van der Waals surface area contributed by atoms with E-state index < -0.39 is 0 Å². The van der Waals surface area contributed by atoms with E-state index in [-0.39, 0.29) is 0 Å². The van der Waals surface area contributed by atoms with Crippen molar-refractivity contribution in [3.63, 3.8) is 0 Å². The van der Waals surface area contributed by atoms with Crippen LogP contribution < -0.4 is 10.2 Å². The minimum absolute atomic E-state index is 0.370. The molecule has 1 unspecified atom stereocenters. The van der Waals surface area contributed by atoms with Crippen molar-refractivity contribution < 1.29 is 0 Å². The summed E-state index contributed by atoms with van der Waals surface area (Å²) in [6.07, 6.45) is 3.18. The van der Waals surface area contributed by atoms with Crippen molar-refractivity contribution in [2.24, 2.45) is 0 Å². The van der Waals surface area contributed by atoms with Gasteiger partial charge < -0.3 is 10.2 Å². The van der Waals surface area contributed by atoms with Crippen LogP contribution >= 0.6 is 0 Å². The molecule has 1 aliphatic rings. The molecule has 27 heavy (non-hydrogen) atoms. The number of hydrogen-bond acceptors (Lipinski definition) is 4. The molecule has 138 valence electrons. The number of nitrogens with one attached hydrogen (secondary N) is 1. The van der Waals surface area contributed by atoms with Gasteiger partial charge in [-0.15, -0.1) is 0 Å². The van der Waals surface area contributed by atoms with Crippen LogP contribution in [-0.4, -0.2) is 22.6 Å². The van der Waals surface area contributed by atoms with Crippen molar-refractivity contribution in [3.05, 3.63) is 77.5 Å². The molecule has 0 saturated heterocycles. The highest BCUT2D eigenvalue weighted by molar-refractivity contribution is 5.67. The molecule has 1 aliphatic heterocycles. The molecule has 0 aliphatic carbocycles. The predicted molar refractivity (Wildman–Crippen MR) is 112 cm³/mol. The quantitative estimate of drug-likeness (QED) is 0.636. The second-order valence-electron chi connectivity index (χ2n) is 7.26. The lowest BCUT2D eigenvalue weighted by Crippen LogP contribution is -2.26. The Morgan fingerprint density at radius 3 is 2.67 bits per heavy atom. The zero-order valence-electron chi connectivity index (χ0n) is 16.0. The number of benzene rings is 2. The highest BCUT2D eigenvalue weighted by Crippen LogP contribution is 2.36. The van der Waals surface area contributed by atoms with Crippen molar-refractivity contribution in [3.8, 4) is 0 Å². The Morgan fingerprint density at radius 1 is 1.04 bits per heavy atom. The number of anilines is 3. The topological polar surface area (TPSA) is 41.1 Å². The summed E-state index contributed by atoms with van der Waals surface area (Å²) in [5.74, 6) is 1.69. The molecule has 0 amide bonds. The standard InChI is InChI=1S/C23H26N4/c1-17-15-22(24-14-8-11-19-9-4-3-5-10-19)26-23(25-17)27-18(2)16-20-12-6-7-13-21(20)27/h3-7,9-10,12-13,15,18H,8,11,14,16H2,1-2H3,(H,24,25,26). The number of hydrogen-bond donors (Lipinski definition) is 1.